The van der Waals surface area contributed by atoms with Crippen LogP contribution < -0.4 is 23.8 Å². The second-order valence-electron chi connectivity index (χ2n) is 12.2. The predicted octanol–water partition coefficient (Wildman–Crippen LogP) is 5.46. The molecule has 254 valence electrons. The highest BCUT2D eigenvalue weighted by molar-refractivity contribution is 7.92. The maximum absolute atomic E-state index is 14.7. The summed E-state index contributed by atoms with van der Waals surface area (Å²) in [5.74, 6) is 0.226. The zero-order chi connectivity index (χ0) is 34.9. The van der Waals surface area contributed by atoms with E-state index in [1.165, 1.54) is 37.3 Å². The van der Waals surface area contributed by atoms with Gasteiger partial charge in [-0.05, 0) is 68.3 Å². The van der Waals surface area contributed by atoms with Gasteiger partial charge in [0.25, 0.3) is 10.0 Å². The van der Waals surface area contributed by atoms with Gasteiger partial charge in [0.15, 0.2) is 11.5 Å². The van der Waals surface area contributed by atoms with Crippen LogP contribution in [0.3, 0.4) is 0 Å². The van der Waals surface area contributed by atoms with Gasteiger partial charge in [-0.15, -0.1) is 0 Å². The number of methoxy groups -OCH3 is 3. The van der Waals surface area contributed by atoms with Crippen LogP contribution in [0.2, 0.25) is 0 Å². The van der Waals surface area contributed by atoms with Crippen molar-refractivity contribution < 1.29 is 32.2 Å². The van der Waals surface area contributed by atoms with Gasteiger partial charge in [-0.3, -0.25) is 13.9 Å². The number of hydrogen-bond donors (Lipinski definition) is 1. The summed E-state index contributed by atoms with van der Waals surface area (Å²) < 4.78 is 45.9. The lowest BCUT2D eigenvalue weighted by molar-refractivity contribution is -0.140. The van der Waals surface area contributed by atoms with Gasteiger partial charge in [0.05, 0.1) is 31.9 Å². The fourth-order valence-electron chi connectivity index (χ4n) is 5.20. The minimum Gasteiger partial charge on any atom is -0.497 e. The van der Waals surface area contributed by atoms with Crippen molar-refractivity contribution in [2.75, 3.05) is 32.2 Å². The summed E-state index contributed by atoms with van der Waals surface area (Å²) in [5.41, 5.74) is 1.23. The lowest BCUT2D eigenvalue weighted by Crippen LogP contribution is -2.56. The second-order valence-corrected chi connectivity index (χ2v) is 14.0. The van der Waals surface area contributed by atoms with E-state index in [2.05, 4.69) is 5.32 Å². The van der Waals surface area contributed by atoms with Crippen molar-refractivity contribution in [1.82, 2.24) is 10.2 Å². The van der Waals surface area contributed by atoms with Gasteiger partial charge in [-0.2, -0.15) is 0 Å². The quantitative estimate of drug-likeness (QED) is 0.189. The average Bonchev–Trinajstić information content (AvgIpc) is 3.08. The summed E-state index contributed by atoms with van der Waals surface area (Å²) in [7, 11) is 0.0949. The molecule has 1 N–H and O–H groups in total. The van der Waals surface area contributed by atoms with E-state index >= 15 is 0 Å². The molecule has 0 aliphatic carbocycles. The molecule has 4 rings (SSSR count). The third-order valence-electron chi connectivity index (χ3n) is 7.52. The molecular formula is C37H43N3O7S. The van der Waals surface area contributed by atoms with Gasteiger partial charge >= 0.3 is 0 Å². The maximum Gasteiger partial charge on any atom is 0.264 e. The van der Waals surface area contributed by atoms with Gasteiger partial charge in [-0.1, -0.05) is 60.7 Å². The molecule has 11 heteroatoms. The number of anilines is 1. The number of rotatable bonds is 14. The Bertz CT molecular complexity index is 1790. The molecule has 0 unspecified atom stereocenters. The third-order valence-corrected chi connectivity index (χ3v) is 9.29. The first-order valence-corrected chi connectivity index (χ1v) is 16.9. The number of benzene rings is 4. The molecule has 0 saturated carbocycles. The van der Waals surface area contributed by atoms with Crippen molar-refractivity contribution >= 4 is 27.5 Å². The monoisotopic (exact) mass is 673 g/mol. The standard InChI is InChI=1S/C37H43N3O7S/c1-37(2,3)38-36(42)32(23-27-14-9-7-10-15-27)39(25-28-16-13-19-30(22-28)45-4)35(41)26-40(29-17-11-8-12-18-29)48(43,44)31-20-21-33(46-5)34(24-31)47-6/h7-22,24,32H,23,25-26H2,1-6H3,(H,38,42)/t32-/m0/s1. The Morgan fingerprint density at radius 3 is 1.98 bits per heavy atom. The highest BCUT2D eigenvalue weighted by Gasteiger charge is 2.36. The molecule has 0 bridgehead atoms. The molecule has 1 atom stereocenters. The topological polar surface area (TPSA) is 114 Å². The average molecular weight is 674 g/mol. The predicted molar refractivity (Wildman–Crippen MR) is 186 cm³/mol. The fraction of sp³-hybridized carbons (Fsp3) is 0.297. The fourth-order valence-corrected chi connectivity index (χ4v) is 6.63. The van der Waals surface area contributed by atoms with Crippen LogP contribution in [0.4, 0.5) is 5.69 Å². The summed E-state index contributed by atoms with van der Waals surface area (Å²) in [4.78, 5) is 30.0. The van der Waals surface area contributed by atoms with Crippen LogP contribution >= 0.6 is 0 Å². The van der Waals surface area contributed by atoms with E-state index in [0.29, 0.717) is 17.1 Å². The van der Waals surface area contributed by atoms with Crippen molar-refractivity contribution in [3.05, 3.63) is 114 Å². The maximum atomic E-state index is 14.7. The number of nitrogens with one attached hydrogen (secondary N) is 1. The van der Waals surface area contributed by atoms with Crippen molar-refractivity contribution in [3.63, 3.8) is 0 Å². The number of hydrogen-bond acceptors (Lipinski definition) is 7. The van der Waals surface area contributed by atoms with Crippen LogP contribution in [0.25, 0.3) is 0 Å². The molecule has 0 aromatic heterocycles. The van der Waals surface area contributed by atoms with Crippen LogP contribution in [0, 0.1) is 0 Å². The van der Waals surface area contributed by atoms with Crippen LogP contribution in [0.15, 0.2) is 108 Å². The van der Waals surface area contributed by atoms with Crippen LogP contribution in [0.1, 0.15) is 31.9 Å². The van der Waals surface area contributed by atoms with Gasteiger partial charge in [-0.25, -0.2) is 8.42 Å². The number of ether oxygens (including phenoxy) is 3. The molecular weight excluding hydrogens is 630 g/mol. The molecule has 4 aromatic rings. The first kappa shape index (κ1) is 35.8. The van der Waals surface area contributed by atoms with E-state index in [9.17, 15) is 18.0 Å². The Kier molecular flexibility index (Phi) is 11.7. The number of carbonyl (C=O) groups excluding carboxylic acids is 2. The van der Waals surface area contributed by atoms with E-state index in [-0.39, 0.29) is 35.2 Å². The number of para-hydroxylation sites is 1. The Labute approximate surface area is 283 Å². The van der Waals surface area contributed by atoms with Crippen LogP contribution in [-0.2, 0) is 32.6 Å². The molecule has 4 aromatic carbocycles. The zero-order valence-corrected chi connectivity index (χ0v) is 29.0. The second kappa shape index (κ2) is 15.7. The Balaban J connectivity index is 1.83. The first-order valence-electron chi connectivity index (χ1n) is 15.4. The normalized spacial score (nSPS) is 12.0. The summed E-state index contributed by atoms with van der Waals surface area (Å²) in [6.07, 6.45) is 0.201. The number of amides is 2. The molecule has 0 aliphatic rings. The van der Waals surface area contributed by atoms with Crippen molar-refractivity contribution in [2.24, 2.45) is 0 Å². The molecule has 2 amide bonds. The van der Waals surface area contributed by atoms with E-state index in [1.54, 1.807) is 55.6 Å². The summed E-state index contributed by atoms with van der Waals surface area (Å²) in [6, 6.07) is 28.3. The number of sulfonamides is 1. The SMILES string of the molecule is COc1cccc(CN(C(=O)CN(c2ccccc2)S(=O)(=O)c2ccc(OC)c(OC)c2)[C@@H](Cc2ccccc2)C(=O)NC(C)(C)C)c1. The number of carbonyl (C=O) groups is 2. The van der Waals surface area contributed by atoms with Crippen LogP contribution in [0.5, 0.6) is 17.2 Å². The van der Waals surface area contributed by atoms with Gasteiger partial charge in [0, 0.05) is 24.6 Å². The third kappa shape index (κ3) is 9.07. The van der Waals surface area contributed by atoms with E-state index < -0.39 is 34.1 Å². The molecule has 0 heterocycles. The number of nitrogens with zero attached hydrogens (tertiary/aromatic N) is 2. The molecule has 0 radical (unpaired) electrons. The van der Waals surface area contributed by atoms with Crippen molar-refractivity contribution in [1.29, 1.82) is 0 Å². The summed E-state index contributed by atoms with van der Waals surface area (Å²) in [6.45, 7) is 5.03. The first-order chi connectivity index (χ1) is 22.9. The Hall–Kier alpha value is -5.03. The lowest BCUT2D eigenvalue weighted by atomic mass is 10.0. The smallest absolute Gasteiger partial charge is 0.264 e. The minimum atomic E-state index is -4.33. The minimum absolute atomic E-state index is 0.0180. The largest absolute Gasteiger partial charge is 0.497 e. The molecule has 0 fully saturated rings. The van der Waals surface area contributed by atoms with E-state index in [4.69, 9.17) is 14.2 Å². The Morgan fingerprint density at radius 2 is 1.38 bits per heavy atom. The van der Waals surface area contributed by atoms with E-state index in [0.717, 1.165) is 9.87 Å². The zero-order valence-electron chi connectivity index (χ0n) is 28.2. The van der Waals surface area contributed by atoms with Crippen molar-refractivity contribution in [3.8, 4) is 17.2 Å². The highest BCUT2D eigenvalue weighted by atomic mass is 32.2. The van der Waals surface area contributed by atoms with E-state index in [1.807, 2.05) is 57.2 Å². The molecule has 48 heavy (non-hydrogen) atoms. The van der Waals surface area contributed by atoms with Gasteiger partial charge < -0.3 is 24.4 Å². The molecule has 0 saturated heterocycles. The lowest BCUT2D eigenvalue weighted by Gasteiger charge is -2.35. The molecule has 10 nitrogen and oxygen atoms in total. The van der Waals surface area contributed by atoms with Crippen LogP contribution in [-0.4, -0.2) is 64.6 Å². The summed E-state index contributed by atoms with van der Waals surface area (Å²) >= 11 is 0. The molecule has 0 aliphatic heterocycles. The molecule has 0 spiro atoms. The van der Waals surface area contributed by atoms with Gasteiger partial charge in [0.1, 0.15) is 18.3 Å². The van der Waals surface area contributed by atoms with Gasteiger partial charge in [0.2, 0.25) is 11.8 Å². The highest BCUT2D eigenvalue weighted by Crippen LogP contribution is 2.32. The summed E-state index contributed by atoms with van der Waals surface area (Å²) in [5, 5.41) is 3.03. The van der Waals surface area contributed by atoms with Crippen molar-refractivity contribution in [2.45, 2.75) is 50.2 Å². The Morgan fingerprint density at radius 1 is 0.750 bits per heavy atom.